The van der Waals surface area contributed by atoms with Crippen molar-refractivity contribution < 1.29 is 13.9 Å². The van der Waals surface area contributed by atoms with Gasteiger partial charge in [-0.25, -0.2) is 24.3 Å². The van der Waals surface area contributed by atoms with Gasteiger partial charge in [0.05, 0.1) is 29.2 Å². The molecule has 3 aromatic heterocycles. The summed E-state index contributed by atoms with van der Waals surface area (Å²) in [7, 11) is 5.59. The van der Waals surface area contributed by atoms with Crippen LogP contribution < -0.4 is 20.7 Å². The molecule has 202 valence electrons. The van der Waals surface area contributed by atoms with Crippen LogP contribution in [-0.4, -0.2) is 44.5 Å². The Morgan fingerprint density at radius 1 is 1.05 bits per heavy atom. The lowest BCUT2D eigenvalue weighted by Crippen LogP contribution is -2.11. The number of halogens is 1. The molecule has 3 heterocycles. The number of nitrogens with one attached hydrogen (secondary N) is 1. The Hall–Kier alpha value is -5.32. The van der Waals surface area contributed by atoms with Crippen molar-refractivity contribution >= 4 is 34.1 Å². The van der Waals surface area contributed by atoms with E-state index in [1.54, 1.807) is 37.5 Å². The van der Waals surface area contributed by atoms with Gasteiger partial charge >= 0.3 is 6.01 Å². The van der Waals surface area contributed by atoms with Crippen LogP contribution in [0, 0.1) is 5.82 Å². The molecule has 0 spiro atoms. The first kappa shape index (κ1) is 26.3. The van der Waals surface area contributed by atoms with Crippen molar-refractivity contribution in [3.05, 3.63) is 79.2 Å². The normalized spacial score (nSPS) is 10.9. The maximum absolute atomic E-state index is 15.4. The van der Waals surface area contributed by atoms with Crippen molar-refractivity contribution in [2.24, 2.45) is 7.05 Å². The maximum atomic E-state index is 15.4. The number of hydrogen-bond donors (Lipinski definition) is 2. The number of benzene rings is 2. The third kappa shape index (κ3) is 4.92. The average molecular weight is 539 g/mol. The van der Waals surface area contributed by atoms with Crippen molar-refractivity contribution in [3.63, 3.8) is 0 Å². The van der Waals surface area contributed by atoms with Gasteiger partial charge in [0.1, 0.15) is 17.8 Å². The molecule has 0 aliphatic heterocycles. The van der Waals surface area contributed by atoms with E-state index >= 15 is 4.39 Å². The molecule has 3 N–H and O–H groups in total. The quantitative estimate of drug-likeness (QED) is 0.272. The van der Waals surface area contributed by atoms with E-state index in [0.29, 0.717) is 33.4 Å². The summed E-state index contributed by atoms with van der Waals surface area (Å²) in [5, 5.41) is 3.39. The third-order valence-corrected chi connectivity index (χ3v) is 6.35. The Bertz CT molecular complexity index is 1750. The van der Waals surface area contributed by atoms with Gasteiger partial charge in [-0.05, 0) is 42.3 Å². The number of ether oxygens (including phenoxy) is 1. The second-order valence-corrected chi connectivity index (χ2v) is 9.42. The number of aryl methyl sites for hydroxylation is 1. The molecule has 0 saturated carbocycles. The molecule has 5 rings (SSSR count). The summed E-state index contributed by atoms with van der Waals surface area (Å²) in [5.74, 6) is -0.626. The van der Waals surface area contributed by atoms with Crippen LogP contribution in [0.15, 0.2) is 73.3 Å². The number of amides is 1. The molecule has 0 aliphatic carbocycles. The van der Waals surface area contributed by atoms with Crippen molar-refractivity contribution in [1.29, 1.82) is 0 Å². The number of nitrogen functional groups attached to an aromatic ring is 1. The van der Waals surface area contributed by atoms with Gasteiger partial charge in [-0.3, -0.25) is 4.79 Å². The highest BCUT2D eigenvalue weighted by atomic mass is 19.1. The number of anilines is 3. The minimum Gasteiger partial charge on any atom is -0.421 e. The van der Waals surface area contributed by atoms with Crippen LogP contribution >= 0.6 is 0 Å². The minimum atomic E-state index is -0.603. The summed E-state index contributed by atoms with van der Waals surface area (Å²) >= 11 is 0. The predicted octanol–water partition coefficient (Wildman–Crippen LogP) is 5.19. The van der Waals surface area contributed by atoms with Gasteiger partial charge in [0.15, 0.2) is 11.6 Å². The zero-order valence-electron chi connectivity index (χ0n) is 22.4. The number of nitrogens with zero attached hydrogens (tertiary/aromatic N) is 6. The van der Waals surface area contributed by atoms with Crippen LogP contribution in [0.2, 0.25) is 0 Å². The molecule has 0 bridgehead atoms. The fourth-order valence-electron chi connectivity index (χ4n) is 4.27. The van der Waals surface area contributed by atoms with Crippen molar-refractivity contribution in [2.45, 2.75) is 6.92 Å². The topological polar surface area (TPSA) is 124 Å². The lowest BCUT2D eigenvalue weighted by Gasteiger charge is -2.13. The van der Waals surface area contributed by atoms with E-state index in [9.17, 15) is 4.79 Å². The van der Waals surface area contributed by atoms with Gasteiger partial charge in [-0.15, -0.1) is 0 Å². The summed E-state index contributed by atoms with van der Waals surface area (Å²) in [6.07, 6.45) is 4.57. The zero-order chi connectivity index (χ0) is 28.6. The monoisotopic (exact) mass is 538 g/mol. The van der Waals surface area contributed by atoms with Gasteiger partial charge in [-0.2, -0.15) is 0 Å². The van der Waals surface area contributed by atoms with E-state index in [2.05, 4.69) is 31.8 Å². The van der Waals surface area contributed by atoms with E-state index in [4.69, 9.17) is 10.5 Å². The molecule has 0 fully saturated rings. The number of nitrogens with two attached hydrogens (primary N) is 1. The fourth-order valence-corrected chi connectivity index (χ4v) is 4.27. The van der Waals surface area contributed by atoms with Crippen LogP contribution in [0.4, 0.5) is 21.6 Å². The average Bonchev–Trinajstić information content (AvgIpc) is 3.24. The Morgan fingerprint density at radius 3 is 2.35 bits per heavy atom. The van der Waals surface area contributed by atoms with Crippen molar-refractivity contribution in [2.75, 3.05) is 30.0 Å². The van der Waals surface area contributed by atoms with Crippen LogP contribution in [-0.2, 0) is 11.8 Å². The van der Waals surface area contributed by atoms with Gasteiger partial charge in [0.2, 0.25) is 0 Å². The first-order chi connectivity index (χ1) is 19.1. The molecule has 5 aromatic rings. The third-order valence-electron chi connectivity index (χ3n) is 6.35. The highest BCUT2D eigenvalue weighted by Crippen LogP contribution is 2.42. The molecule has 0 radical (unpaired) electrons. The number of hydrogen-bond acceptors (Lipinski definition) is 8. The van der Waals surface area contributed by atoms with E-state index in [0.717, 1.165) is 16.9 Å². The van der Waals surface area contributed by atoms with E-state index < -0.39 is 5.82 Å². The molecule has 0 unspecified atom stereocenters. The van der Waals surface area contributed by atoms with Crippen molar-refractivity contribution in [3.8, 4) is 34.1 Å². The van der Waals surface area contributed by atoms with E-state index in [1.807, 2.05) is 42.7 Å². The second-order valence-electron chi connectivity index (χ2n) is 9.42. The number of rotatable bonds is 7. The highest BCUT2D eigenvalue weighted by molar-refractivity contribution is 6.08. The molecule has 0 aliphatic rings. The molecule has 10 nitrogen and oxygen atoms in total. The first-order valence-corrected chi connectivity index (χ1v) is 12.3. The summed E-state index contributed by atoms with van der Waals surface area (Å²) in [5.41, 5.74) is 11.5. The Kier molecular flexibility index (Phi) is 6.87. The Labute approximate surface area is 230 Å². The first-order valence-electron chi connectivity index (χ1n) is 12.3. The van der Waals surface area contributed by atoms with Gasteiger partial charge in [0.25, 0.3) is 5.91 Å². The van der Waals surface area contributed by atoms with Crippen LogP contribution in [0.3, 0.4) is 0 Å². The lowest BCUT2D eigenvalue weighted by atomic mass is 9.98. The molecule has 0 saturated heterocycles. The van der Waals surface area contributed by atoms with Gasteiger partial charge in [-0.1, -0.05) is 24.8 Å². The number of carbonyl (C=O) groups is 1. The summed E-state index contributed by atoms with van der Waals surface area (Å²) < 4.78 is 22.9. The highest BCUT2D eigenvalue weighted by Gasteiger charge is 2.23. The molecule has 11 heteroatoms. The van der Waals surface area contributed by atoms with Gasteiger partial charge in [0, 0.05) is 38.0 Å². The van der Waals surface area contributed by atoms with Crippen LogP contribution in [0.5, 0.6) is 11.8 Å². The maximum Gasteiger partial charge on any atom is 0.322 e. The second kappa shape index (κ2) is 10.4. The zero-order valence-corrected chi connectivity index (χ0v) is 22.4. The van der Waals surface area contributed by atoms with E-state index in [1.165, 1.54) is 18.5 Å². The fraction of sp³-hybridized carbons (Fsp3) is 0.138. The largest absolute Gasteiger partial charge is 0.421 e. The molecule has 1 amide bonds. The molecule has 2 aromatic carbocycles. The molecular formula is C29H27FN8O2. The lowest BCUT2D eigenvalue weighted by molar-refractivity contribution is -0.112. The standard InChI is InChI=1S/C29H27FN8O2/c1-16(2)28(39)36-19-9-6-17(7-10-19)25-23(24-26(31)34-15-35-27(24)38(25)5)18-8-11-22(21(30)12-18)40-29-32-13-20(14-33-29)37(3)4/h6-15H,1H2,2-5H3,(H,36,39)(H2,31,34,35). The molecule has 0 atom stereocenters. The summed E-state index contributed by atoms with van der Waals surface area (Å²) in [4.78, 5) is 30.8. The van der Waals surface area contributed by atoms with Crippen LogP contribution in [0.1, 0.15) is 6.92 Å². The Balaban J connectivity index is 1.57. The smallest absolute Gasteiger partial charge is 0.322 e. The molecular weight excluding hydrogens is 511 g/mol. The predicted molar refractivity (Wildman–Crippen MR) is 154 cm³/mol. The summed E-state index contributed by atoms with van der Waals surface area (Å²) in [6, 6.07) is 11.9. The SMILES string of the molecule is C=C(C)C(=O)Nc1ccc(-c2c(-c3ccc(Oc4ncc(N(C)C)cn4)c(F)c3)c3c(N)ncnc3n2C)cc1. The van der Waals surface area contributed by atoms with Crippen molar-refractivity contribution in [1.82, 2.24) is 24.5 Å². The van der Waals surface area contributed by atoms with E-state index in [-0.39, 0.29) is 23.5 Å². The minimum absolute atomic E-state index is 0.0232. The number of fused-ring (bicyclic) bond motifs is 1. The van der Waals surface area contributed by atoms with Crippen LogP contribution in [0.25, 0.3) is 33.4 Å². The molecule has 40 heavy (non-hydrogen) atoms. The Morgan fingerprint density at radius 2 is 1.73 bits per heavy atom. The summed E-state index contributed by atoms with van der Waals surface area (Å²) in [6.45, 7) is 5.30. The number of carbonyl (C=O) groups excluding carboxylic acids is 1. The number of aromatic nitrogens is 5. The van der Waals surface area contributed by atoms with Gasteiger partial charge < -0.3 is 25.3 Å².